The minimum absolute atomic E-state index is 0.764. The summed E-state index contributed by atoms with van der Waals surface area (Å²) in [7, 11) is 1.67. The van der Waals surface area contributed by atoms with E-state index in [1.165, 1.54) is 0 Å². The number of unbranched alkanes of at least 4 members (excludes halogenated alkanes) is 1. The third-order valence-electron chi connectivity index (χ3n) is 2.03. The topological polar surface area (TPSA) is 47.3 Å². The lowest BCUT2D eigenvalue weighted by Gasteiger charge is -2.07. The van der Waals surface area contributed by atoms with Gasteiger partial charge in [0.25, 0.3) is 0 Å². The number of benzene rings is 1. The highest BCUT2D eigenvalue weighted by Crippen LogP contribution is 2.16. The van der Waals surface area contributed by atoms with Crippen LogP contribution >= 0.6 is 0 Å². The van der Waals surface area contributed by atoms with E-state index in [4.69, 9.17) is 10.5 Å². The van der Waals surface area contributed by atoms with E-state index in [0.717, 1.165) is 37.4 Å². The predicted molar refractivity (Wildman–Crippen MR) is 59.8 cm³/mol. The van der Waals surface area contributed by atoms with E-state index >= 15 is 0 Å². The number of hydrogen-bond acceptors (Lipinski definition) is 3. The zero-order valence-corrected chi connectivity index (χ0v) is 8.62. The molecule has 0 saturated carbocycles. The molecule has 78 valence electrons. The van der Waals surface area contributed by atoms with Crippen LogP contribution in [0.25, 0.3) is 0 Å². The Balaban J connectivity index is 2.34. The second-order valence-electron chi connectivity index (χ2n) is 3.15. The van der Waals surface area contributed by atoms with Crippen molar-refractivity contribution < 1.29 is 4.74 Å². The Morgan fingerprint density at radius 2 is 2.21 bits per heavy atom. The summed E-state index contributed by atoms with van der Waals surface area (Å²) in [5.74, 6) is 0.883. The van der Waals surface area contributed by atoms with Gasteiger partial charge in [0, 0.05) is 18.3 Å². The number of hydrogen-bond donors (Lipinski definition) is 2. The van der Waals surface area contributed by atoms with Crippen LogP contribution in [0, 0.1) is 0 Å². The molecule has 3 nitrogen and oxygen atoms in total. The molecule has 0 atom stereocenters. The molecule has 0 bridgehead atoms. The Bertz CT molecular complexity index is 263. The van der Waals surface area contributed by atoms with Gasteiger partial charge in [-0.05, 0) is 31.5 Å². The molecule has 0 saturated heterocycles. The molecule has 1 aromatic rings. The third-order valence-corrected chi connectivity index (χ3v) is 2.03. The Hall–Kier alpha value is -1.22. The molecule has 0 unspecified atom stereocenters. The molecular weight excluding hydrogens is 176 g/mol. The van der Waals surface area contributed by atoms with Gasteiger partial charge in [-0.1, -0.05) is 6.07 Å². The van der Waals surface area contributed by atoms with Gasteiger partial charge in [0.05, 0.1) is 7.11 Å². The second-order valence-corrected chi connectivity index (χ2v) is 3.15. The van der Waals surface area contributed by atoms with Crippen LogP contribution in [0.15, 0.2) is 24.3 Å². The second kappa shape index (κ2) is 6.27. The first-order valence-corrected chi connectivity index (χ1v) is 4.95. The molecule has 0 aliphatic heterocycles. The van der Waals surface area contributed by atoms with Gasteiger partial charge in [0.2, 0.25) is 0 Å². The van der Waals surface area contributed by atoms with Crippen molar-refractivity contribution in [2.24, 2.45) is 5.73 Å². The van der Waals surface area contributed by atoms with Crippen LogP contribution in [0.1, 0.15) is 12.8 Å². The van der Waals surface area contributed by atoms with Gasteiger partial charge in [-0.15, -0.1) is 0 Å². The van der Waals surface area contributed by atoms with E-state index in [-0.39, 0.29) is 0 Å². The van der Waals surface area contributed by atoms with E-state index in [1.54, 1.807) is 7.11 Å². The van der Waals surface area contributed by atoms with E-state index in [0.29, 0.717) is 0 Å². The molecule has 0 radical (unpaired) electrons. The fraction of sp³-hybridized carbons (Fsp3) is 0.455. The molecule has 0 fully saturated rings. The first kappa shape index (κ1) is 10.9. The van der Waals surface area contributed by atoms with Crippen LogP contribution in [-0.4, -0.2) is 20.2 Å². The number of ether oxygens (including phenoxy) is 1. The average Bonchev–Trinajstić information content (AvgIpc) is 2.25. The highest BCUT2D eigenvalue weighted by molar-refractivity contribution is 5.47. The Morgan fingerprint density at radius 3 is 2.93 bits per heavy atom. The van der Waals surface area contributed by atoms with Crippen molar-refractivity contribution in [1.29, 1.82) is 0 Å². The largest absolute Gasteiger partial charge is 0.497 e. The first-order valence-electron chi connectivity index (χ1n) is 4.95. The monoisotopic (exact) mass is 194 g/mol. The van der Waals surface area contributed by atoms with Gasteiger partial charge in [0.1, 0.15) is 5.75 Å². The Morgan fingerprint density at radius 1 is 1.36 bits per heavy atom. The zero-order valence-electron chi connectivity index (χ0n) is 8.62. The minimum Gasteiger partial charge on any atom is -0.497 e. The summed E-state index contributed by atoms with van der Waals surface area (Å²) in [5, 5.41) is 3.32. The van der Waals surface area contributed by atoms with Gasteiger partial charge in [-0.2, -0.15) is 0 Å². The minimum atomic E-state index is 0.764. The number of anilines is 1. The van der Waals surface area contributed by atoms with Gasteiger partial charge in [-0.3, -0.25) is 0 Å². The maximum Gasteiger partial charge on any atom is 0.120 e. The summed E-state index contributed by atoms with van der Waals surface area (Å²) in [5.41, 5.74) is 6.50. The fourth-order valence-electron chi connectivity index (χ4n) is 1.24. The lowest BCUT2D eigenvalue weighted by molar-refractivity contribution is 0.415. The summed E-state index contributed by atoms with van der Waals surface area (Å²) in [4.78, 5) is 0. The molecule has 0 aliphatic rings. The van der Waals surface area contributed by atoms with Crippen molar-refractivity contribution in [1.82, 2.24) is 0 Å². The molecule has 0 amide bonds. The van der Waals surface area contributed by atoms with Crippen molar-refractivity contribution in [3.8, 4) is 5.75 Å². The van der Waals surface area contributed by atoms with Crippen LogP contribution in [0.3, 0.4) is 0 Å². The molecule has 0 spiro atoms. The maximum absolute atomic E-state index is 5.41. The average molecular weight is 194 g/mol. The lowest BCUT2D eigenvalue weighted by Crippen LogP contribution is -2.05. The number of rotatable bonds is 6. The summed E-state index contributed by atoms with van der Waals surface area (Å²) in [6.45, 7) is 1.73. The van der Waals surface area contributed by atoms with Gasteiger partial charge >= 0.3 is 0 Å². The standard InChI is InChI=1S/C11H18N2O/c1-14-11-6-4-5-10(9-11)13-8-3-2-7-12/h4-6,9,13H,2-3,7-8,12H2,1H3. The van der Waals surface area contributed by atoms with Gasteiger partial charge in [-0.25, -0.2) is 0 Å². The van der Waals surface area contributed by atoms with E-state index in [2.05, 4.69) is 5.32 Å². The molecule has 0 aliphatic carbocycles. The van der Waals surface area contributed by atoms with E-state index < -0.39 is 0 Å². The highest BCUT2D eigenvalue weighted by atomic mass is 16.5. The fourth-order valence-corrected chi connectivity index (χ4v) is 1.24. The number of nitrogens with two attached hydrogens (primary N) is 1. The molecule has 0 heterocycles. The van der Waals surface area contributed by atoms with Crippen LogP contribution in [0.2, 0.25) is 0 Å². The lowest BCUT2D eigenvalue weighted by atomic mass is 10.2. The van der Waals surface area contributed by atoms with Crippen LogP contribution in [0.4, 0.5) is 5.69 Å². The maximum atomic E-state index is 5.41. The van der Waals surface area contributed by atoms with Crippen LogP contribution < -0.4 is 15.8 Å². The van der Waals surface area contributed by atoms with E-state index in [9.17, 15) is 0 Å². The van der Waals surface area contributed by atoms with Crippen LogP contribution in [-0.2, 0) is 0 Å². The highest BCUT2D eigenvalue weighted by Gasteiger charge is 1.93. The summed E-state index contributed by atoms with van der Waals surface area (Å²) in [6, 6.07) is 7.93. The molecule has 3 N–H and O–H groups in total. The van der Waals surface area contributed by atoms with E-state index in [1.807, 2.05) is 24.3 Å². The van der Waals surface area contributed by atoms with Crippen molar-refractivity contribution in [3.05, 3.63) is 24.3 Å². The third kappa shape index (κ3) is 3.66. The summed E-state index contributed by atoms with van der Waals surface area (Å²) < 4.78 is 5.12. The Kier molecular flexibility index (Phi) is 4.86. The van der Waals surface area contributed by atoms with Crippen molar-refractivity contribution in [2.45, 2.75) is 12.8 Å². The molecular formula is C11H18N2O. The molecule has 1 rings (SSSR count). The zero-order chi connectivity index (χ0) is 10.2. The smallest absolute Gasteiger partial charge is 0.120 e. The van der Waals surface area contributed by atoms with Crippen molar-refractivity contribution in [2.75, 3.05) is 25.5 Å². The summed E-state index contributed by atoms with van der Waals surface area (Å²) in [6.07, 6.45) is 2.17. The quantitative estimate of drug-likeness (QED) is 0.679. The van der Waals surface area contributed by atoms with Crippen molar-refractivity contribution in [3.63, 3.8) is 0 Å². The number of methoxy groups -OCH3 is 1. The predicted octanol–water partition coefficient (Wildman–Crippen LogP) is 1.85. The molecule has 3 heteroatoms. The molecule has 14 heavy (non-hydrogen) atoms. The first-order chi connectivity index (χ1) is 6.86. The van der Waals surface area contributed by atoms with Gasteiger partial charge in [0.15, 0.2) is 0 Å². The normalized spacial score (nSPS) is 9.86. The molecule has 1 aromatic carbocycles. The van der Waals surface area contributed by atoms with Gasteiger partial charge < -0.3 is 15.8 Å². The SMILES string of the molecule is COc1cccc(NCCCCN)c1. The number of nitrogens with one attached hydrogen (secondary N) is 1. The molecule has 0 aromatic heterocycles. The van der Waals surface area contributed by atoms with Crippen LogP contribution in [0.5, 0.6) is 5.75 Å². The summed E-state index contributed by atoms with van der Waals surface area (Å²) >= 11 is 0. The Labute approximate surface area is 85.3 Å². The van der Waals surface area contributed by atoms with Crippen molar-refractivity contribution >= 4 is 5.69 Å².